The zero-order valence-electron chi connectivity index (χ0n) is 18.5. The van der Waals surface area contributed by atoms with Crippen molar-refractivity contribution in [1.82, 2.24) is 15.3 Å². The third-order valence-corrected chi connectivity index (χ3v) is 7.55. The molecule has 2 fully saturated rings. The molecule has 2 aromatic rings. The number of hydrogen-bond acceptors (Lipinski definition) is 4. The Bertz CT molecular complexity index is 930. The summed E-state index contributed by atoms with van der Waals surface area (Å²) in [6.07, 6.45) is 9.58. The first kappa shape index (κ1) is 23.5. The van der Waals surface area contributed by atoms with Gasteiger partial charge in [0.05, 0.1) is 0 Å². The molecule has 4 rings (SSSR count). The quantitative estimate of drug-likeness (QED) is 0.375. The van der Waals surface area contributed by atoms with E-state index in [0.29, 0.717) is 22.3 Å². The molecule has 0 radical (unpaired) electrons. The van der Waals surface area contributed by atoms with Gasteiger partial charge in [0.25, 0.3) is 0 Å². The number of nitrogens with one attached hydrogen (secondary N) is 2. The maximum absolute atomic E-state index is 6.32. The van der Waals surface area contributed by atoms with Crippen LogP contribution in [0.5, 0.6) is 0 Å². The monoisotopic (exact) mass is 491 g/mol. The fraction of sp³-hybridized carbons (Fsp3) is 0.542. The van der Waals surface area contributed by atoms with Gasteiger partial charge in [0, 0.05) is 35.6 Å². The second kappa shape index (κ2) is 10.5. The molecule has 32 heavy (non-hydrogen) atoms. The predicted molar refractivity (Wildman–Crippen MR) is 138 cm³/mol. The third kappa shape index (κ3) is 5.64. The molecule has 1 atom stereocenters. The van der Waals surface area contributed by atoms with Gasteiger partial charge in [-0.05, 0) is 68.9 Å². The molecule has 0 amide bonds. The smallest absolute Gasteiger partial charge is 0.232 e. The van der Waals surface area contributed by atoms with E-state index >= 15 is 0 Å². The Morgan fingerprint density at radius 3 is 2.56 bits per heavy atom. The number of nitrogens with zero attached hydrogens (tertiary/aromatic N) is 3. The topological polar surface area (TPSA) is 53.1 Å². The summed E-state index contributed by atoms with van der Waals surface area (Å²) in [6.45, 7) is 3.98. The molecule has 1 aromatic carbocycles. The molecular formula is C24H31Cl2N5S. The lowest BCUT2D eigenvalue weighted by Crippen LogP contribution is -2.43. The summed E-state index contributed by atoms with van der Waals surface area (Å²) in [5.41, 5.74) is 1.37. The van der Waals surface area contributed by atoms with Crippen LogP contribution in [0.1, 0.15) is 63.9 Å². The van der Waals surface area contributed by atoms with E-state index < -0.39 is 0 Å². The van der Waals surface area contributed by atoms with Gasteiger partial charge in [-0.2, -0.15) is 4.98 Å². The lowest BCUT2D eigenvalue weighted by molar-refractivity contribution is 0.292. The lowest BCUT2D eigenvalue weighted by atomic mass is 9.69. The largest absolute Gasteiger partial charge is 0.361 e. The zero-order valence-corrected chi connectivity index (χ0v) is 20.9. The van der Waals surface area contributed by atoms with Gasteiger partial charge in [0.1, 0.15) is 11.0 Å². The predicted octanol–water partition coefficient (Wildman–Crippen LogP) is 6.35. The molecule has 8 heteroatoms. The third-order valence-electron chi connectivity index (χ3n) is 6.86. The molecule has 1 aromatic heterocycles. The van der Waals surface area contributed by atoms with Gasteiger partial charge in [0.2, 0.25) is 5.95 Å². The Labute approximate surface area is 206 Å². The van der Waals surface area contributed by atoms with Gasteiger partial charge < -0.3 is 15.5 Å². The van der Waals surface area contributed by atoms with E-state index in [9.17, 15) is 0 Å². The second-order valence-corrected chi connectivity index (χ2v) is 10.3. The van der Waals surface area contributed by atoms with Crippen LogP contribution in [0.3, 0.4) is 0 Å². The first-order valence-electron chi connectivity index (χ1n) is 11.6. The molecule has 2 aliphatic rings. The van der Waals surface area contributed by atoms with Crippen molar-refractivity contribution in [2.45, 2.75) is 69.7 Å². The Morgan fingerprint density at radius 2 is 1.84 bits per heavy atom. The molecule has 1 saturated carbocycles. The molecule has 172 valence electrons. The number of thiocarbonyl (C=S) groups is 1. The highest BCUT2D eigenvalue weighted by atomic mass is 35.5. The summed E-state index contributed by atoms with van der Waals surface area (Å²) in [5, 5.41) is 8.30. The maximum atomic E-state index is 6.32. The number of rotatable bonds is 5. The van der Waals surface area contributed by atoms with E-state index in [4.69, 9.17) is 40.4 Å². The molecular weight excluding hydrogens is 461 g/mol. The Morgan fingerprint density at radius 1 is 1.09 bits per heavy atom. The highest BCUT2D eigenvalue weighted by Gasteiger charge is 2.34. The average Bonchev–Trinajstić information content (AvgIpc) is 2.79. The van der Waals surface area contributed by atoms with Crippen molar-refractivity contribution in [1.29, 1.82) is 0 Å². The van der Waals surface area contributed by atoms with Gasteiger partial charge >= 0.3 is 0 Å². The van der Waals surface area contributed by atoms with E-state index in [-0.39, 0.29) is 5.41 Å². The van der Waals surface area contributed by atoms with Gasteiger partial charge in [0.15, 0.2) is 5.11 Å². The molecule has 0 spiro atoms. The van der Waals surface area contributed by atoms with Crippen molar-refractivity contribution >= 4 is 52.3 Å². The van der Waals surface area contributed by atoms with Gasteiger partial charge in [-0.25, -0.2) is 4.98 Å². The number of piperidine rings is 1. The Kier molecular flexibility index (Phi) is 7.74. The number of benzene rings is 1. The van der Waals surface area contributed by atoms with Crippen molar-refractivity contribution < 1.29 is 0 Å². The number of anilines is 2. The standard InChI is InChI=1S/C24H31Cl2N5S/c1-17-7-3-6-14-31(17)21-15-20(26)28-22(29-21)30-23(32)27-16-24(12-4-2-5-13-24)18-8-10-19(25)11-9-18/h8-11,15,17H,2-7,12-14,16H2,1H3,(H2,27,28,29,30,32)/t17-/m0/s1. The molecule has 0 bridgehead atoms. The normalized spacial score (nSPS) is 20.6. The maximum Gasteiger partial charge on any atom is 0.232 e. The molecule has 1 aliphatic heterocycles. The van der Waals surface area contributed by atoms with Crippen LogP contribution in [0.15, 0.2) is 30.3 Å². The van der Waals surface area contributed by atoms with Crippen molar-refractivity contribution in [3.05, 3.63) is 46.1 Å². The van der Waals surface area contributed by atoms with Crippen LogP contribution in [0, 0.1) is 0 Å². The van der Waals surface area contributed by atoms with E-state index in [1.54, 1.807) is 0 Å². The summed E-state index contributed by atoms with van der Waals surface area (Å²) in [5.74, 6) is 1.29. The highest BCUT2D eigenvalue weighted by Crippen LogP contribution is 2.39. The fourth-order valence-electron chi connectivity index (χ4n) is 5.04. The minimum atomic E-state index is 0.0537. The first-order valence-corrected chi connectivity index (χ1v) is 12.7. The number of halogens is 2. The summed E-state index contributed by atoms with van der Waals surface area (Å²) in [7, 11) is 0. The van der Waals surface area contributed by atoms with Crippen LogP contribution in [0.25, 0.3) is 0 Å². The van der Waals surface area contributed by atoms with Gasteiger partial charge in [-0.3, -0.25) is 0 Å². The first-order chi connectivity index (χ1) is 15.4. The fourth-order valence-corrected chi connectivity index (χ4v) is 5.51. The van der Waals surface area contributed by atoms with E-state index in [1.807, 2.05) is 18.2 Å². The number of aromatic nitrogens is 2. The lowest BCUT2D eigenvalue weighted by Gasteiger charge is -2.38. The van der Waals surface area contributed by atoms with Crippen molar-refractivity contribution in [2.75, 3.05) is 23.3 Å². The van der Waals surface area contributed by atoms with Crippen molar-refractivity contribution in [2.24, 2.45) is 0 Å². The summed E-state index contributed by atoms with van der Waals surface area (Å²) in [4.78, 5) is 11.4. The molecule has 1 aliphatic carbocycles. The summed E-state index contributed by atoms with van der Waals surface area (Å²) in [6, 6.07) is 10.5. The minimum Gasteiger partial charge on any atom is -0.361 e. The molecule has 5 nitrogen and oxygen atoms in total. The SMILES string of the molecule is C[C@H]1CCCCN1c1cc(Cl)nc(NC(=S)NCC2(c3ccc(Cl)cc3)CCCCC2)n1. The summed E-state index contributed by atoms with van der Waals surface area (Å²) < 4.78 is 0. The highest BCUT2D eigenvalue weighted by molar-refractivity contribution is 7.80. The van der Waals surface area contributed by atoms with Crippen molar-refractivity contribution in [3.8, 4) is 0 Å². The van der Waals surface area contributed by atoms with Gasteiger partial charge in [-0.1, -0.05) is 54.6 Å². The van der Waals surface area contributed by atoms with E-state index in [2.05, 4.69) is 39.6 Å². The van der Waals surface area contributed by atoms with Crippen LogP contribution < -0.4 is 15.5 Å². The molecule has 2 heterocycles. The minimum absolute atomic E-state index is 0.0537. The molecule has 1 saturated heterocycles. The number of hydrogen-bond donors (Lipinski definition) is 2. The Hall–Kier alpha value is -1.63. The average molecular weight is 493 g/mol. The molecule has 0 unspecified atom stereocenters. The van der Waals surface area contributed by atoms with Crippen LogP contribution in [-0.4, -0.2) is 34.2 Å². The van der Waals surface area contributed by atoms with E-state index in [1.165, 1.54) is 37.7 Å². The van der Waals surface area contributed by atoms with Gasteiger partial charge in [-0.15, -0.1) is 0 Å². The van der Waals surface area contributed by atoms with Crippen LogP contribution in [0.2, 0.25) is 10.2 Å². The molecule has 2 N–H and O–H groups in total. The summed E-state index contributed by atoms with van der Waals surface area (Å²) >= 11 is 18.1. The van der Waals surface area contributed by atoms with E-state index in [0.717, 1.165) is 43.2 Å². The zero-order chi connectivity index (χ0) is 22.6. The second-order valence-electron chi connectivity index (χ2n) is 9.07. The van der Waals surface area contributed by atoms with Crippen LogP contribution in [0.4, 0.5) is 11.8 Å². The Balaban J connectivity index is 1.44. The van der Waals surface area contributed by atoms with Crippen molar-refractivity contribution in [3.63, 3.8) is 0 Å². The van der Waals surface area contributed by atoms with Crippen LogP contribution in [-0.2, 0) is 5.41 Å². The van der Waals surface area contributed by atoms with Crippen LogP contribution >= 0.6 is 35.4 Å².